The van der Waals surface area contributed by atoms with Gasteiger partial charge in [0.15, 0.2) is 0 Å². The van der Waals surface area contributed by atoms with Gasteiger partial charge in [0.05, 0.1) is 0 Å². The summed E-state index contributed by atoms with van der Waals surface area (Å²) in [6.07, 6.45) is 11.4. The van der Waals surface area contributed by atoms with Crippen LogP contribution >= 0.6 is 0 Å². The molecule has 1 heterocycles. The van der Waals surface area contributed by atoms with Crippen molar-refractivity contribution in [2.24, 2.45) is 5.92 Å². The van der Waals surface area contributed by atoms with Crippen LogP contribution in [-0.2, 0) is 0 Å². The molecule has 90 valence electrons. The Morgan fingerprint density at radius 3 is 2.67 bits per heavy atom. The first kappa shape index (κ1) is 13.0. The molecule has 0 spiro atoms. The van der Waals surface area contributed by atoms with Crippen LogP contribution in [0.4, 0.5) is 0 Å². The van der Waals surface area contributed by atoms with Gasteiger partial charge in [-0.3, -0.25) is 0 Å². The first-order chi connectivity index (χ1) is 7.24. The molecule has 1 aliphatic rings. The smallest absolute Gasteiger partial charge is 0.00952 e. The lowest BCUT2D eigenvalue weighted by Gasteiger charge is -2.22. The molecule has 1 nitrogen and oxygen atoms in total. The molecule has 0 radical (unpaired) electrons. The number of nitrogens with zero attached hydrogens (tertiary/aromatic N) is 1. The van der Waals surface area contributed by atoms with E-state index in [2.05, 4.69) is 25.8 Å². The zero-order valence-corrected chi connectivity index (χ0v) is 11.0. The minimum Gasteiger partial charge on any atom is -0.303 e. The fourth-order valence-electron chi connectivity index (χ4n) is 2.78. The number of hydrogen-bond acceptors (Lipinski definition) is 1. The lowest BCUT2D eigenvalue weighted by molar-refractivity contribution is 0.259. The van der Waals surface area contributed by atoms with Crippen molar-refractivity contribution in [2.45, 2.75) is 71.3 Å². The van der Waals surface area contributed by atoms with E-state index < -0.39 is 0 Å². The molecule has 0 N–H and O–H groups in total. The summed E-state index contributed by atoms with van der Waals surface area (Å²) >= 11 is 0. The van der Waals surface area contributed by atoms with Crippen LogP contribution in [0.15, 0.2) is 0 Å². The summed E-state index contributed by atoms with van der Waals surface area (Å²) in [6.45, 7) is 6.06. The highest BCUT2D eigenvalue weighted by Crippen LogP contribution is 2.24. The van der Waals surface area contributed by atoms with Crippen molar-refractivity contribution in [3.63, 3.8) is 0 Å². The van der Waals surface area contributed by atoms with Crippen LogP contribution in [0.25, 0.3) is 0 Å². The molecule has 1 heteroatoms. The molecule has 15 heavy (non-hydrogen) atoms. The quantitative estimate of drug-likeness (QED) is 0.574. The first-order valence-corrected chi connectivity index (χ1v) is 6.94. The maximum atomic E-state index is 2.56. The predicted octanol–water partition coefficient (Wildman–Crippen LogP) is 4.08. The molecular weight excluding hydrogens is 182 g/mol. The number of unbranched alkanes of at least 4 members (excludes halogenated alkanes) is 3. The second-order valence-corrected chi connectivity index (χ2v) is 5.47. The highest BCUT2D eigenvalue weighted by Gasteiger charge is 2.22. The van der Waals surface area contributed by atoms with Gasteiger partial charge in [-0.2, -0.15) is 0 Å². The van der Waals surface area contributed by atoms with Gasteiger partial charge in [-0.05, 0) is 38.8 Å². The number of hydrogen-bond donors (Lipinski definition) is 0. The molecule has 1 rings (SSSR count). The second-order valence-electron chi connectivity index (χ2n) is 5.47. The highest BCUT2D eigenvalue weighted by atomic mass is 15.1. The Balaban J connectivity index is 2.04. The van der Waals surface area contributed by atoms with E-state index in [0.29, 0.717) is 0 Å². The van der Waals surface area contributed by atoms with Crippen LogP contribution in [-0.4, -0.2) is 24.5 Å². The monoisotopic (exact) mass is 211 g/mol. The third-order valence-electron chi connectivity index (χ3n) is 3.90. The van der Waals surface area contributed by atoms with Crippen molar-refractivity contribution >= 4 is 0 Å². The number of likely N-dealkylation sites (tertiary alicyclic amines) is 1. The van der Waals surface area contributed by atoms with Gasteiger partial charge in [0, 0.05) is 6.04 Å². The van der Waals surface area contributed by atoms with Crippen LogP contribution in [0.3, 0.4) is 0 Å². The molecule has 0 aliphatic carbocycles. The molecule has 2 atom stereocenters. The van der Waals surface area contributed by atoms with Crippen LogP contribution in [0.5, 0.6) is 0 Å². The molecule has 1 aliphatic heterocycles. The van der Waals surface area contributed by atoms with Crippen LogP contribution in [0.1, 0.15) is 65.2 Å². The molecule has 2 unspecified atom stereocenters. The van der Waals surface area contributed by atoms with Crippen molar-refractivity contribution in [1.29, 1.82) is 0 Å². The Labute approximate surface area is 96.2 Å². The van der Waals surface area contributed by atoms with Crippen LogP contribution in [0.2, 0.25) is 0 Å². The average molecular weight is 211 g/mol. The molecule has 0 aromatic rings. The van der Waals surface area contributed by atoms with Crippen LogP contribution < -0.4 is 0 Å². The molecule has 0 aromatic carbocycles. The molecule has 0 bridgehead atoms. The highest BCUT2D eigenvalue weighted by molar-refractivity contribution is 4.77. The van der Waals surface area contributed by atoms with E-state index in [1.807, 2.05) is 0 Å². The summed E-state index contributed by atoms with van der Waals surface area (Å²) in [5.74, 6) is 0.937. The van der Waals surface area contributed by atoms with Crippen molar-refractivity contribution in [1.82, 2.24) is 4.90 Å². The Kier molecular flexibility index (Phi) is 6.31. The number of rotatable bonds is 7. The Morgan fingerprint density at radius 1 is 1.27 bits per heavy atom. The van der Waals surface area contributed by atoms with Crippen LogP contribution in [0, 0.1) is 5.92 Å². The van der Waals surface area contributed by atoms with E-state index in [1.54, 1.807) is 0 Å². The summed E-state index contributed by atoms with van der Waals surface area (Å²) in [4.78, 5) is 2.56. The normalized spacial score (nSPS) is 24.6. The summed E-state index contributed by atoms with van der Waals surface area (Å²) in [7, 11) is 2.29. The Bertz CT molecular complexity index is 155. The summed E-state index contributed by atoms with van der Waals surface area (Å²) < 4.78 is 0. The van der Waals surface area contributed by atoms with E-state index in [-0.39, 0.29) is 0 Å². The minimum atomic E-state index is 0.895. The van der Waals surface area contributed by atoms with Crippen molar-refractivity contribution in [2.75, 3.05) is 13.6 Å². The lowest BCUT2D eigenvalue weighted by Crippen LogP contribution is -2.26. The fourth-order valence-corrected chi connectivity index (χ4v) is 2.78. The van der Waals surface area contributed by atoms with Gasteiger partial charge in [0.25, 0.3) is 0 Å². The second kappa shape index (κ2) is 7.27. The van der Waals surface area contributed by atoms with E-state index in [4.69, 9.17) is 0 Å². The molecular formula is C14H29N. The third-order valence-corrected chi connectivity index (χ3v) is 3.90. The zero-order valence-electron chi connectivity index (χ0n) is 11.0. The van der Waals surface area contributed by atoms with Gasteiger partial charge < -0.3 is 4.90 Å². The molecule has 1 fully saturated rings. The minimum absolute atomic E-state index is 0.895. The summed E-state index contributed by atoms with van der Waals surface area (Å²) in [5, 5.41) is 0. The third kappa shape index (κ3) is 5.01. The Hall–Kier alpha value is -0.0400. The van der Waals surface area contributed by atoms with Crippen molar-refractivity contribution in [3.05, 3.63) is 0 Å². The maximum Gasteiger partial charge on any atom is 0.00952 e. The molecule has 1 saturated heterocycles. The van der Waals surface area contributed by atoms with E-state index in [0.717, 1.165) is 12.0 Å². The summed E-state index contributed by atoms with van der Waals surface area (Å²) in [6, 6.07) is 0.895. The molecule has 0 amide bonds. The van der Waals surface area contributed by atoms with E-state index >= 15 is 0 Å². The van der Waals surface area contributed by atoms with Gasteiger partial charge >= 0.3 is 0 Å². The van der Waals surface area contributed by atoms with Gasteiger partial charge in [0.1, 0.15) is 0 Å². The summed E-state index contributed by atoms with van der Waals surface area (Å²) in [5.41, 5.74) is 0. The van der Waals surface area contributed by atoms with E-state index in [9.17, 15) is 0 Å². The van der Waals surface area contributed by atoms with Gasteiger partial charge in [-0.15, -0.1) is 0 Å². The molecule has 0 saturated carbocycles. The first-order valence-electron chi connectivity index (χ1n) is 6.94. The largest absolute Gasteiger partial charge is 0.303 e. The van der Waals surface area contributed by atoms with Gasteiger partial charge in [-0.25, -0.2) is 0 Å². The SMILES string of the molecule is CCCCCCC(C)CC1CCCN1C. The van der Waals surface area contributed by atoms with E-state index in [1.165, 1.54) is 57.9 Å². The standard InChI is InChI=1S/C14H29N/c1-4-5-6-7-9-13(2)12-14-10-8-11-15(14)3/h13-14H,4-12H2,1-3H3. The fraction of sp³-hybridized carbons (Fsp3) is 1.00. The van der Waals surface area contributed by atoms with Crippen molar-refractivity contribution < 1.29 is 0 Å². The van der Waals surface area contributed by atoms with Gasteiger partial charge in [-0.1, -0.05) is 46.0 Å². The average Bonchev–Trinajstić information content (AvgIpc) is 2.59. The zero-order chi connectivity index (χ0) is 11.1. The topological polar surface area (TPSA) is 3.24 Å². The molecule has 0 aromatic heterocycles. The Morgan fingerprint density at radius 2 is 2.07 bits per heavy atom. The van der Waals surface area contributed by atoms with Gasteiger partial charge in [0.2, 0.25) is 0 Å². The van der Waals surface area contributed by atoms with Crippen molar-refractivity contribution in [3.8, 4) is 0 Å². The predicted molar refractivity (Wildman–Crippen MR) is 68.2 cm³/mol. The lowest BCUT2D eigenvalue weighted by atomic mass is 9.94. The maximum absolute atomic E-state index is 2.56.